The van der Waals surface area contributed by atoms with Crippen molar-refractivity contribution in [3.8, 4) is 0 Å². The topological polar surface area (TPSA) is 54.0 Å². The average molecular weight is 298 g/mol. The lowest BCUT2D eigenvalue weighted by Gasteiger charge is -2.19. The largest absolute Gasteiger partial charge is 0.295 e. The number of pyridine rings is 1. The number of aromatic nitrogens is 1. The van der Waals surface area contributed by atoms with Crippen molar-refractivity contribution in [1.29, 1.82) is 0 Å². The first-order chi connectivity index (χ1) is 9.15. The predicted octanol–water partition coefficient (Wildman–Crippen LogP) is 3.04. The molecule has 6 heteroatoms. The predicted molar refractivity (Wildman–Crippen MR) is 74.9 cm³/mol. The Balaban J connectivity index is 1.64. The number of nitrogens with zero attached hydrogens (tertiary/aromatic N) is 1. The Morgan fingerprint density at radius 3 is 2.53 bits per heavy atom. The van der Waals surface area contributed by atoms with E-state index in [1.54, 1.807) is 0 Å². The first kappa shape index (κ1) is 12.8. The Bertz CT molecular complexity index is 526. The Kier molecular flexibility index (Phi) is 3.37. The third-order valence-electron chi connectivity index (χ3n) is 3.78. The summed E-state index contributed by atoms with van der Waals surface area (Å²) in [5.41, 5.74) is 5.95. The number of anilines is 1. The monoisotopic (exact) mass is 297 g/mol. The molecule has 3 rings (SSSR count). The van der Waals surface area contributed by atoms with Crippen LogP contribution < -0.4 is 10.9 Å². The van der Waals surface area contributed by atoms with Crippen molar-refractivity contribution >= 4 is 34.8 Å². The molecule has 1 aromatic heterocycles. The maximum absolute atomic E-state index is 12.1. The molecular formula is C13H13Cl2N3O. The molecule has 1 fully saturated rings. The summed E-state index contributed by atoms with van der Waals surface area (Å²) in [4.78, 5) is 16.0. The molecule has 3 atom stereocenters. The van der Waals surface area contributed by atoms with Gasteiger partial charge in [-0.2, -0.15) is 0 Å². The van der Waals surface area contributed by atoms with Crippen molar-refractivity contribution in [2.45, 2.75) is 12.8 Å². The first-order valence-electron chi connectivity index (χ1n) is 6.18. The third-order valence-corrected chi connectivity index (χ3v) is 4.35. The number of nitrogens with one attached hydrogen (secondary N) is 2. The Hall–Kier alpha value is -1.26. The average Bonchev–Trinajstić information content (AvgIpc) is 3.00. The van der Waals surface area contributed by atoms with E-state index in [0.717, 1.165) is 12.8 Å². The van der Waals surface area contributed by atoms with E-state index in [1.165, 1.54) is 12.4 Å². The number of carbonyl (C=O) groups excluding carboxylic acids is 1. The normalized spacial score (nSPS) is 27.6. The van der Waals surface area contributed by atoms with Gasteiger partial charge >= 0.3 is 0 Å². The van der Waals surface area contributed by atoms with Crippen LogP contribution in [0.5, 0.6) is 0 Å². The highest BCUT2D eigenvalue weighted by molar-refractivity contribution is 6.38. The standard InChI is InChI=1S/C13H13Cl2N3O/c14-10-5-16-6-11(15)12(10)17-18-13(19)9-4-7-1-2-8(9)3-7/h1-2,5-9H,3-4H2,(H,16,17)(H,18,19). The molecule has 1 amide bonds. The van der Waals surface area contributed by atoms with E-state index < -0.39 is 0 Å². The molecule has 100 valence electrons. The minimum Gasteiger partial charge on any atom is -0.295 e. The summed E-state index contributed by atoms with van der Waals surface area (Å²) < 4.78 is 0. The summed E-state index contributed by atoms with van der Waals surface area (Å²) in [6.45, 7) is 0. The van der Waals surface area contributed by atoms with Gasteiger partial charge in [0.15, 0.2) is 0 Å². The summed E-state index contributed by atoms with van der Waals surface area (Å²) >= 11 is 11.9. The molecule has 1 saturated carbocycles. The molecule has 1 aromatic rings. The molecule has 1 heterocycles. The smallest absolute Gasteiger partial charge is 0.242 e. The Labute approximate surface area is 121 Å². The van der Waals surface area contributed by atoms with Crippen LogP contribution in [-0.4, -0.2) is 10.9 Å². The van der Waals surface area contributed by atoms with Crippen LogP contribution in [0.25, 0.3) is 0 Å². The number of rotatable bonds is 3. The van der Waals surface area contributed by atoms with Crippen molar-refractivity contribution in [2.75, 3.05) is 5.43 Å². The number of halogens is 2. The minimum absolute atomic E-state index is 0.0132. The van der Waals surface area contributed by atoms with E-state index in [-0.39, 0.29) is 11.8 Å². The van der Waals surface area contributed by atoms with Gasteiger partial charge in [-0.25, -0.2) is 0 Å². The fourth-order valence-electron chi connectivity index (χ4n) is 2.83. The molecule has 19 heavy (non-hydrogen) atoms. The summed E-state index contributed by atoms with van der Waals surface area (Å²) in [6.07, 6.45) is 9.31. The highest BCUT2D eigenvalue weighted by Gasteiger charge is 2.39. The highest BCUT2D eigenvalue weighted by atomic mass is 35.5. The van der Waals surface area contributed by atoms with Crippen LogP contribution in [0.2, 0.25) is 10.0 Å². The van der Waals surface area contributed by atoms with Crippen molar-refractivity contribution < 1.29 is 4.79 Å². The van der Waals surface area contributed by atoms with Crippen LogP contribution in [-0.2, 0) is 4.79 Å². The van der Waals surface area contributed by atoms with Gasteiger partial charge in [0.2, 0.25) is 5.91 Å². The molecule has 2 bridgehead atoms. The molecule has 0 saturated heterocycles. The molecule has 0 spiro atoms. The van der Waals surface area contributed by atoms with Gasteiger partial charge in [-0.1, -0.05) is 35.4 Å². The molecule has 0 radical (unpaired) electrons. The molecule has 3 unspecified atom stereocenters. The van der Waals surface area contributed by atoms with E-state index in [9.17, 15) is 4.79 Å². The molecule has 2 aliphatic carbocycles. The highest BCUT2D eigenvalue weighted by Crippen LogP contribution is 2.43. The molecule has 0 aromatic carbocycles. The zero-order chi connectivity index (χ0) is 13.4. The maximum Gasteiger partial charge on any atom is 0.242 e. The molecule has 2 N–H and O–H groups in total. The second kappa shape index (κ2) is 5.02. The van der Waals surface area contributed by atoms with E-state index >= 15 is 0 Å². The number of hydrogen-bond acceptors (Lipinski definition) is 3. The van der Waals surface area contributed by atoms with Crippen LogP contribution in [0.4, 0.5) is 5.69 Å². The van der Waals surface area contributed by atoms with Gasteiger partial charge in [0.05, 0.1) is 15.7 Å². The zero-order valence-electron chi connectivity index (χ0n) is 10.1. The van der Waals surface area contributed by atoms with Crippen LogP contribution in [0.15, 0.2) is 24.5 Å². The first-order valence-corrected chi connectivity index (χ1v) is 6.94. The molecule has 2 aliphatic rings. The lowest BCUT2D eigenvalue weighted by molar-refractivity contribution is -0.125. The summed E-state index contributed by atoms with van der Waals surface area (Å²) in [5, 5.41) is 0.751. The molecular weight excluding hydrogens is 285 g/mol. The van der Waals surface area contributed by atoms with Crippen LogP contribution in [0, 0.1) is 17.8 Å². The number of carbonyl (C=O) groups is 1. The van der Waals surface area contributed by atoms with Gasteiger partial charge in [-0.05, 0) is 24.7 Å². The maximum atomic E-state index is 12.1. The fourth-order valence-corrected chi connectivity index (χ4v) is 3.29. The Morgan fingerprint density at radius 2 is 1.95 bits per heavy atom. The van der Waals surface area contributed by atoms with E-state index in [0.29, 0.717) is 27.6 Å². The summed E-state index contributed by atoms with van der Waals surface area (Å²) in [5.74, 6) is 0.965. The Morgan fingerprint density at radius 1 is 1.21 bits per heavy atom. The number of hydrazine groups is 1. The number of allylic oxidation sites excluding steroid dienone is 2. The number of amides is 1. The van der Waals surface area contributed by atoms with Crippen molar-refractivity contribution in [1.82, 2.24) is 10.4 Å². The van der Waals surface area contributed by atoms with E-state index in [2.05, 4.69) is 28.0 Å². The van der Waals surface area contributed by atoms with Crippen molar-refractivity contribution in [2.24, 2.45) is 17.8 Å². The third kappa shape index (κ3) is 2.42. The van der Waals surface area contributed by atoms with Gasteiger partial charge in [0.25, 0.3) is 0 Å². The quantitative estimate of drug-likeness (QED) is 0.666. The second-order valence-corrected chi connectivity index (χ2v) is 5.79. The minimum atomic E-state index is -0.0132. The van der Waals surface area contributed by atoms with Crippen molar-refractivity contribution in [3.63, 3.8) is 0 Å². The van der Waals surface area contributed by atoms with Gasteiger partial charge in [0, 0.05) is 18.3 Å². The zero-order valence-corrected chi connectivity index (χ0v) is 11.6. The lowest BCUT2D eigenvalue weighted by Crippen LogP contribution is -2.36. The summed E-state index contributed by atoms with van der Waals surface area (Å²) in [6, 6.07) is 0. The summed E-state index contributed by atoms with van der Waals surface area (Å²) in [7, 11) is 0. The molecule has 4 nitrogen and oxygen atoms in total. The van der Waals surface area contributed by atoms with Gasteiger partial charge in [-0.15, -0.1) is 0 Å². The van der Waals surface area contributed by atoms with E-state index in [4.69, 9.17) is 23.2 Å². The SMILES string of the molecule is O=C(NNc1c(Cl)cncc1Cl)C1CC2C=CC1C2. The number of hydrogen-bond donors (Lipinski definition) is 2. The van der Waals surface area contributed by atoms with Crippen LogP contribution in [0.1, 0.15) is 12.8 Å². The number of fused-ring (bicyclic) bond motifs is 2. The second-order valence-electron chi connectivity index (χ2n) is 4.98. The van der Waals surface area contributed by atoms with Crippen LogP contribution in [0.3, 0.4) is 0 Å². The van der Waals surface area contributed by atoms with Gasteiger partial charge < -0.3 is 0 Å². The van der Waals surface area contributed by atoms with Gasteiger partial charge in [-0.3, -0.25) is 20.6 Å². The lowest BCUT2D eigenvalue weighted by atomic mass is 9.93. The van der Waals surface area contributed by atoms with Crippen LogP contribution >= 0.6 is 23.2 Å². The molecule has 0 aliphatic heterocycles. The van der Waals surface area contributed by atoms with Crippen molar-refractivity contribution in [3.05, 3.63) is 34.6 Å². The van der Waals surface area contributed by atoms with Gasteiger partial charge in [0.1, 0.15) is 0 Å². The van der Waals surface area contributed by atoms with E-state index in [1.807, 2.05) is 0 Å². The fraction of sp³-hybridized carbons (Fsp3) is 0.385.